The molecule has 0 aromatic heterocycles. The first-order valence-corrected chi connectivity index (χ1v) is 12.8. The Balaban J connectivity index is 1.37. The molecule has 0 radical (unpaired) electrons. The molecule has 1 saturated heterocycles. The van der Waals surface area contributed by atoms with Gasteiger partial charge in [0.15, 0.2) is 11.5 Å². The Labute approximate surface area is 221 Å². The largest absolute Gasteiger partial charge is 0.454 e. The Kier molecular flexibility index (Phi) is 6.13. The maximum Gasteiger partial charge on any atom is 0.254 e. The molecule has 6 rings (SSSR count). The van der Waals surface area contributed by atoms with Gasteiger partial charge in [-0.25, -0.2) is 9.91 Å². The number of hydrogen-bond donors (Lipinski definition) is 2. The molecule has 194 valence electrons. The van der Waals surface area contributed by atoms with Gasteiger partial charge in [-0.15, -0.1) is 0 Å². The molecule has 3 aliphatic heterocycles. The number of aliphatic hydroxyl groups is 1. The van der Waals surface area contributed by atoms with Crippen LogP contribution in [-0.4, -0.2) is 40.8 Å². The van der Waals surface area contributed by atoms with Gasteiger partial charge >= 0.3 is 0 Å². The summed E-state index contributed by atoms with van der Waals surface area (Å²) in [5, 5.41) is 13.3. The minimum Gasteiger partial charge on any atom is -0.454 e. The summed E-state index contributed by atoms with van der Waals surface area (Å²) in [5.41, 5.74) is 6.44. The molecular weight excluding hydrogens is 482 g/mol. The van der Waals surface area contributed by atoms with Crippen LogP contribution in [0.2, 0.25) is 0 Å². The second-order valence-electron chi connectivity index (χ2n) is 10.0. The highest BCUT2D eigenvalue weighted by Crippen LogP contribution is 2.40. The summed E-state index contributed by atoms with van der Waals surface area (Å²) in [6, 6.07) is 20.7. The number of carbonyl (C=O) groups excluding carboxylic acids is 2. The zero-order chi connectivity index (χ0) is 26.4. The molecule has 4 unspecified atom stereocenters. The molecule has 38 heavy (non-hydrogen) atoms. The first-order chi connectivity index (χ1) is 18.4. The summed E-state index contributed by atoms with van der Waals surface area (Å²) in [6.45, 7) is 4.39. The van der Waals surface area contributed by atoms with Gasteiger partial charge in [0.2, 0.25) is 12.7 Å². The van der Waals surface area contributed by atoms with Gasteiger partial charge in [-0.05, 0) is 53.4 Å². The fraction of sp³-hybridized carbons (Fsp3) is 0.267. The van der Waals surface area contributed by atoms with Gasteiger partial charge in [-0.3, -0.25) is 9.59 Å². The number of ether oxygens (including phenoxy) is 2. The Morgan fingerprint density at radius 2 is 1.58 bits per heavy atom. The number of benzene rings is 3. The van der Waals surface area contributed by atoms with Gasteiger partial charge < -0.3 is 20.0 Å². The number of nitrogens with one attached hydrogen (secondary N) is 1. The summed E-state index contributed by atoms with van der Waals surface area (Å²) < 4.78 is 10.9. The van der Waals surface area contributed by atoms with Crippen molar-refractivity contribution in [2.75, 3.05) is 17.1 Å². The first-order valence-electron chi connectivity index (χ1n) is 12.8. The molecule has 0 bridgehead atoms. The van der Waals surface area contributed by atoms with E-state index in [4.69, 9.17) is 9.47 Å². The Morgan fingerprint density at radius 3 is 2.32 bits per heavy atom. The van der Waals surface area contributed by atoms with E-state index >= 15 is 0 Å². The van der Waals surface area contributed by atoms with Crippen LogP contribution in [0.3, 0.4) is 0 Å². The van der Waals surface area contributed by atoms with Crippen molar-refractivity contribution in [3.8, 4) is 11.5 Å². The highest BCUT2D eigenvalue weighted by Gasteiger charge is 2.54. The second kappa shape index (κ2) is 9.63. The monoisotopic (exact) mass is 511 g/mol. The number of hydrazine groups is 1. The van der Waals surface area contributed by atoms with E-state index in [0.29, 0.717) is 28.7 Å². The summed E-state index contributed by atoms with van der Waals surface area (Å²) >= 11 is 0. The summed E-state index contributed by atoms with van der Waals surface area (Å²) in [5.74, 6) is 0.233. The molecule has 2 amide bonds. The fourth-order valence-electron chi connectivity index (χ4n) is 5.29. The zero-order valence-corrected chi connectivity index (χ0v) is 21.2. The van der Waals surface area contributed by atoms with Crippen molar-refractivity contribution in [3.63, 3.8) is 0 Å². The number of fused-ring (bicyclic) bond motifs is 2. The average Bonchev–Trinajstić information content (AvgIpc) is 3.51. The third-order valence-corrected chi connectivity index (χ3v) is 7.37. The van der Waals surface area contributed by atoms with Crippen molar-refractivity contribution in [1.29, 1.82) is 0 Å². The molecule has 1 fully saturated rings. The Bertz CT molecular complexity index is 1390. The smallest absolute Gasteiger partial charge is 0.254 e. The van der Waals surface area contributed by atoms with E-state index in [1.807, 2.05) is 30.3 Å². The normalized spacial score (nSPS) is 23.2. The molecule has 0 aliphatic carbocycles. The van der Waals surface area contributed by atoms with Gasteiger partial charge in [0, 0.05) is 5.69 Å². The summed E-state index contributed by atoms with van der Waals surface area (Å²) in [7, 11) is 0. The first kappa shape index (κ1) is 24.2. The standard InChI is InChI=1S/C30H29N3O5/c1-18(2)19-8-11-21(12-9-19)31-33-24(28(34)20-10-15-25-26(16-20)38-17-37-25)14-13-23-27(33)30(36)32(29(23)35)22-6-4-3-5-7-22/h3-16,18,23-24,27-28,31,34H,17H2,1-2H3. The topological polar surface area (TPSA) is 91.3 Å². The van der Waals surface area contributed by atoms with Gasteiger partial charge in [0.25, 0.3) is 5.91 Å². The van der Waals surface area contributed by atoms with E-state index in [9.17, 15) is 14.7 Å². The molecule has 8 heteroatoms. The van der Waals surface area contributed by atoms with Crippen LogP contribution >= 0.6 is 0 Å². The van der Waals surface area contributed by atoms with E-state index in [1.54, 1.807) is 59.6 Å². The fourth-order valence-corrected chi connectivity index (χ4v) is 5.29. The predicted molar refractivity (Wildman–Crippen MR) is 143 cm³/mol. The van der Waals surface area contributed by atoms with E-state index in [0.717, 1.165) is 5.69 Å². The lowest BCUT2D eigenvalue weighted by Gasteiger charge is -2.40. The van der Waals surface area contributed by atoms with Crippen molar-refractivity contribution in [1.82, 2.24) is 5.01 Å². The van der Waals surface area contributed by atoms with Crippen molar-refractivity contribution in [2.45, 2.75) is 38.0 Å². The maximum absolute atomic E-state index is 13.8. The van der Waals surface area contributed by atoms with Crippen LogP contribution in [0.4, 0.5) is 11.4 Å². The SMILES string of the molecule is CC(C)c1ccc(NN2C(C(O)c3ccc4c(c3)OCO4)C=CC3C(=O)N(c4ccccc4)C(=O)C32)cc1. The van der Waals surface area contributed by atoms with E-state index in [-0.39, 0.29) is 18.6 Å². The molecule has 3 aliphatic rings. The van der Waals surface area contributed by atoms with Crippen LogP contribution in [-0.2, 0) is 9.59 Å². The number of carbonyl (C=O) groups is 2. The van der Waals surface area contributed by atoms with E-state index in [1.165, 1.54) is 10.5 Å². The molecule has 4 atom stereocenters. The molecule has 3 aromatic rings. The number of aliphatic hydroxyl groups excluding tert-OH is 1. The molecule has 2 N–H and O–H groups in total. The van der Waals surface area contributed by atoms with Crippen molar-refractivity contribution >= 4 is 23.2 Å². The molecule has 3 aromatic carbocycles. The zero-order valence-electron chi connectivity index (χ0n) is 21.2. The number of amides is 2. The van der Waals surface area contributed by atoms with E-state index in [2.05, 4.69) is 19.3 Å². The van der Waals surface area contributed by atoms with Gasteiger partial charge in [-0.1, -0.05) is 62.4 Å². The predicted octanol–water partition coefficient (Wildman–Crippen LogP) is 4.40. The molecule has 3 heterocycles. The third-order valence-electron chi connectivity index (χ3n) is 7.37. The highest BCUT2D eigenvalue weighted by atomic mass is 16.7. The Hall–Kier alpha value is -4.14. The Morgan fingerprint density at radius 1 is 0.868 bits per heavy atom. The minimum absolute atomic E-state index is 0.133. The van der Waals surface area contributed by atoms with Crippen LogP contribution in [0.1, 0.15) is 37.0 Å². The third kappa shape index (κ3) is 4.12. The van der Waals surface area contributed by atoms with Gasteiger partial charge in [0.05, 0.1) is 17.6 Å². The van der Waals surface area contributed by atoms with Crippen LogP contribution in [0, 0.1) is 5.92 Å². The van der Waals surface area contributed by atoms with Crippen molar-refractivity contribution < 1.29 is 24.2 Å². The highest BCUT2D eigenvalue weighted by molar-refractivity contribution is 6.24. The van der Waals surface area contributed by atoms with Crippen molar-refractivity contribution in [2.24, 2.45) is 5.92 Å². The number of nitrogens with zero attached hydrogens (tertiary/aromatic N) is 2. The molecule has 0 saturated carbocycles. The maximum atomic E-state index is 13.8. The van der Waals surface area contributed by atoms with Crippen LogP contribution < -0.4 is 19.8 Å². The van der Waals surface area contributed by atoms with Gasteiger partial charge in [-0.2, -0.15) is 0 Å². The lowest BCUT2D eigenvalue weighted by Crippen LogP contribution is -2.55. The molecule has 8 nitrogen and oxygen atoms in total. The van der Waals surface area contributed by atoms with Crippen LogP contribution in [0.25, 0.3) is 0 Å². The van der Waals surface area contributed by atoms with Gasteiger partial charge in [0.1, 0.15) is 12.1 Å². The number of para-hydroxylation sites is 1. The summed E-state index contributed by atoms with van der Waals surface area (Å²) in [4.78, 5) is 28.5. The lowest BCUT2D eigenvalue weighted by atomic mass is 9.90. The average molecular weight is 512 g/mol. The number of imide groups is 1. The lowest BCUT2D eigenvalue weighted by molar-refractivity contribution is -0.123. The second-order valence-corrected chi connectivity index (χ2v) is 10.0. The minimum atomic E-state index is -1.02. The van der Waals surface area contributed by atoms with Crippen LogP contribution in [0.15, 0.2) is 84.9 Å². The number of anilines is 2. The summed E-state index contributed by atoms with van der Waals surface area (Å²) in [6.07, 6.45) is 2.53. The molecule has 0 spiro atoms. The quantitative estimate of drug-likeness (QED) is 0.375. The molecular formula is C30H29N3O5. The van der Waals surface area contributed by atoms with E-state index < -0.39 is 24.1 Å². The van der Waals surface area contributed by atoms with Crippen LogP contribution in [0.5, 0.6) is 11.5 Å². The number of hydrogen-bond acceptors (Lipinski definition) is 7. The number of rotatable bonds is 6. The van der Waals surface area contributed by atoms with Crippen molar-refractivity contribution in [3.05, 3.63) is 96.1 Å².